The molecule has 0 spiro atoms. The van der Waals surface area contributed by atoms with Gasteiger partial charge in [0.05, 0.1) is 5.92 Å². The molecule has 0 aromatic rings. The first-order valence-electron chi connectivity index (χ1n) is 4.31. The SMILES string of the molecule is NC(=O)C1CCCN(CCF)C1. The summed E-state index contributed by atoms with van der Waals surface area (Å²) in [6.07, 6.45) is 1.81. The van der Waals surface area contributed by atoms with E-state index >= 15 is 0 Å². The number of piperidine rings is 1. The van der Waals surface area contributed by atoms with Crippen molar-refractivity contribution in [3.63, 3.8) is 0 Å². The Morgan fingerprint density at radius 2 is 2.42 bits per heavy atom. The second-order valence-electron chi connectivity index (χ2n) is 3.23. The third kappa shape index (κ3) is 2.44. The van der Waals surface area contributed by atoms with E-state index in [1.807, 2.05) is 4.90 Å². The van der Waals surface area contributed by atoms with Gasteiger partial charge in [0, 0.05) is 13.1 Å². The summed E-state index contributed by atoms with van der Waals surface area (Å²) >= 11 is 0. The summed E-state index contributed by atoms with van der Waals surface area (Å²) in [5, 5.41) is 0. The molecule has 1 aliphatic heterocycles. The normalized spacial score (nSPS) is 25.6. The number of nitrogens with two attached hydrogens (primary N) is 1. The summed E-state index contributed by atoms with van der Waals surface area (Å²) in [5.41, 5.74) is 5.17. The molecule has 70 valence electrons. The van der Waals surface area contributed by atoms with Crippen LogP contribution in [0.15, 0.2) is 0 Å². The number of primary amides is 1. The Morgan fingerprint density at radius 1 is 1.67 bits per heavy atom. The van der Waals surface area contributed by atoms with Crippen LogP contribution in [0.25, 0.3) is 0 Å². The van der Waals surface area contributed by atoms with Gasteiger partial charge in [0.15, 0.2) is 0 Å². The van der Waals surface area contributed by atoms with E-state index in [2.05, 4.69) is 0 Å². The molecule has 1 atom stereocenters. The summed E-state index contributed by atoms with van der Waals surface area (Å²) in [6.45, 7) is 1.63. The van der Waals surface area contributed by atoms with E-state index in [1.54, 1.807) is 0 Å². The highest BCUT2D eigenvalue weighted by atomic mass is 19.1. The van der Waals surface area contributed by atoms with E-state index in [0.29, 0.717) is 13.1 Å². The maximum atomic E-state index is 11.9. The molecule has 1 rings (SSSR count). The van der Waals surface area contributed by atoms with Crippen LogP contribution in [0.3, 0.4) is 0 Å². The molecule has 3 nitrogen and oxygen atoms in total. The number of alkyl halides is 1. The maximum absolute atomic E-state index is 11.9. The average molecular weight is 174 g/mol. The van der Waals surface area contributed by atoms with Crippen LogP contribution < -0.4 is 5.73 Å². The van der Waals surface area contributed by atoms with Crippen LogP contribution in [-0.2, 0) is 4.79 Å². The number of carbonyl (C=O) groups is 1. The van der Waals surface area contributed by atoms with Gasteiger partial charge in [0.1, 0.15) is 6.67 Å². The van der Waals surface area contributed by atoms with Crippen LogP contribution >= 0.6 is 0 Å². The highest BCUT2D eigenvalue weighted by Crippen LogP contribution is 2.15. The van der Waals surface area contributed by atoms with Gasteiger partial charge in [-0.1, -0.05) is 0 Å². The molecular formula is C8H15FN2O. The number of hydrogen-bond donors (Lipinski definition) is 1. The number of carbonyl (C=O) groups excluding carboxylic acids is 1. The van der Waals surface area contributed by atoms with Crippen LogP contribution in [-0.4, -0.2) is 37.1 Å². The fourth-order valence-corrected chi connectivity index (χ4v) is 1.61. The zero-order chi connectivity index (χ0) is 8.97. The molecule has 1 aliphatic rings. The van der Waals surface area contributed by atoms with E-state index in [4.69, 9.17) is 5.73 Å². The topological polar surface area (TPSA) is 46.3 Å². The van der Waals surface area contributed by atoms with E-state index < -0.39 is 0 Å². The van der Waals surface area contributed by atoms with E-state index in [9.17, 15) is 9.18 Å². The Kier molecular flexibility index (Phi) is 3.47. The van der Waals surface area contributed by atoms with Gasteiger partial charge in [-0.3, -0.25) is 9.69 Å². The average Bonchev–Trinajstić information content (AvgIpc) is 2.05. The Labute approximate surface area is 71.7 Å². The molecule has 0 bridgehead atoms. The van der Waals surface area contributed by atoms with Gasteiger partial charge in [-0.25, -0.2) is 4.39 Å². The fraction of sp³-hybridized carbons (Fsp3) is 0.875. The standard InChI is InChI=1S/C8H15FN2O/c9-3-5-11-4-1-2-7(6-11)8(10)12/h7H,1-6H2,(H2,10,12). The summed E-state index contributed by atoms with van der Waals surface area (Å²) < 4.78 is 11.9. The third-order valence-electron chi connectivity index (χ3n) is 2.31. The minimum atomic E-state index is -0.342. The third-order valence-corrected chi connectivity index (χ3v) is 2.31. The van der Waals surface area contributed by atoms with Gasteiger partial charge in [-0.15, -0.1) is 0 Å². The second kappa shape index (κ2) is 4.40. The molecular weight excluding hydrogens is 159 g/mol. The van der Waals surface area contributed by atoms with Crippen LogP contribution in [0.5, 0.6) is 0 Å². The molecule has 2 N–H and O–H groups in total. The summed E-state index contributed by atoms with van der Waals surface area (Å²) in [6, 6.07) is 0. The van der Waals surface area contributed by atoms with Gasteiger partial charge in [-0.05, 0) is 19.4 Å². The van der Waals surface area contributed by atoms with Gasteiger partial charge < -0.3 is 5.73 Å². The molecule has 1 unspecified atom stereocenters. The highest BCUT2D eigenvalue weighted by Gasteiger charge is 2.23. The monoisotopic (exact) mass is 174 g/mol. The van der Waals surface area contributed by atoms with Crippen LogP contribution in [0, 0.1) is 5.92 Å². The first kappa shape index (κ1) is 9.45. The van der Waals surface area contributed by atoms with E-state index in [-0.39, 0.29) is 18.5 Å². The van der Waals surface area contributed by atoms with E-state index in [0.717, 1.165) is 19.4 Å². The lowest BCUT2D eigenvalue weighted by molar-refractivity contribution is -0.123. The zero-order valence-corrected chi connectivity index (χ0v) is 7.13. The fourth-order valence-electron chi connectivity index (χ4n) is 1.61. The zero-order valence-electron chi connectivity index (χ0n) is 7.13. The molecule has 4 heteroatoms. The largest absolute Gasteiger partial charge is 0.369 e. The predicted octanol–water partition coefficient (Wildman–Crippen LogP) is 0.153. The van der Waals surface area contributed by atoms with Crippen molar-refractivity contribution in [1.29, 1.82) is 0 Å². The predicted molar refractivity (Wildman–Crippen MR) is 44.3 cm³/mol. The summed E-state index contributed by atoms with van der Waals surface area (Å²) in [7, 11) is 0. The summed E-state index contributed by atoms with van der Waals surface area (Å²) in [5.74, 6) is -0.316. The number of hydrogen-bond acceptors (Lipinski definition) is 2. The number of halogens is 1. The van der Waals surface area contributed by atoms with Crippen molar-refractivity contribution in [3.8, 4) is 0 Å². The van der Waals surface area contributed by atoms with Gasteiger partial charge in [-0.2, -0.15) is 0 Å². The molecule has 0 saturated carbocycles. The quantitative estimate of drug-likeness (QED) is 0.662. The number of nitrogens with zero attached hydrogens (tertiary/aromatic N) is 1. The number of rotatable bonds is 3. The lowest BCUT2D eigenvalue weighted by atomic mass is 9.98. The lowest BCUT2D eigenvalue weighted by Crippen LogP contribution is -2.41. The number of amides is 1. The molecule has 1 heterocycles. The van der Waals surface area contributed by atoms with Crippen molar-refractivity contribution >= 4 is 5.91 Å². The molecule has 1 fully saturated rings. The van der Waals surface area contributed by atoms with Crippen LogP contribution in [0.2, 0.25) is 0 Å². The van der Waals surface area contributed by atoms with Crippen molar-refractivity contribution < 1.29 is 9.18 Å². The first-order chi connectivity index (χ1) is 5.74. The minimum Gasteiger partial charge on any atom is -0.369 e. The van der Waals surface area contributed by atoms with Crippen molar-refractivity contribution in [1.82, 2.24) is 4.90 Å². The molecule has 0 radical (unpaired) electrons. The van der Waals surface area contributed by atoms with Crippen LogP contribution in [0.1, 0.15) is 12.8 Å². The van der Waals surface area contributed by atoms with Crippen molar-refractivity contribution in [3.05, 3.63) is 0 Å². The van der Waals surface area contributed by atoms with Gasteiger partial charge >= 0.3 is 0 Å². The molecule has 0 aromatic carbocycles. The molecule has 0 aliphatic carbocycles. The maximum Gasteiger partial charge on any atom is 0.221 e. The lowest BCUT2D eigenvalue weighted by Gasteiger charge is -2.30. The number of likely N-dealkylation sites (tertiary alicyclic amines) is 1. The van der Waals surface area contributed by atoms with Crippen molar-refractivity contribution in [2.45, 2.75) is 12.8 Å². The second-order valence-corrected chi connectivity index (χ2v) is 3.23. The minimum absolute atomic E-state index is 0.0645. The Hall–Kier alpha value is -0.640. The molecule has 1 saturated heterocycles. The molecule has 12 heavy (non-hydrogen) atoms. The smallest absolute Gasteiger partial charge is 0.221 e. The summed E-state index contributed by atoms with van der Waals surface area (Å²) in [4.78, 5) is 12.8. The Bertz CT molecular complexity index is 161. The van der Waals surface area contributed by atoms with Crippen LogP contribution in [0.4, 0.5) is 4.39 Å². The van der Waals surface area contributed by atoms with Crippen molar-refractivity contribution in [2.75, 3.05) is 26.3 Å². The van der Waals surface area contributed by atoms with Gasteiger partial charge in [0.25, 0.3) is 0 Å². The van der Waals surface area contributed by atoms with Gasteiger partial charge in [0.2, 0.25) is 5.91 Å². The highest BCUT2D eigenvalue weighted by molar-refractivity contribution is 5.76. The molecule has 0 aromatic heterocycles. The Balaban J connectivity index is 2.35. The molecule has 1 amide bonds. The van der Waals surface area contributed by atoms with E-state index in [1.165, 1.54) is 0 Å². The first-order valence-corrected chi connectivity index (χ1v) is 4.31. The Morgan fingerprint density at radius 3 is 3.00 bits per heavy atom. The van der Waals surface area contributed by atoms with Crippen molar-refractivity contribution in [2.24, 2.45) is 11.7 Å².